The largest absolute Gasteiger partial charge is 0.461 e. The van der Waals surface area contributed by atoms with E-state index in [0.29, 0.717) is 26.3 Å². The number of esters is 1. The Hall–Kier alpha value is -0.960. The molecule has 1 rings (SSSR count). The Morgan fingerprint density at radius 3 is 2.16 bits per heavy atom. The molecule has 9 heteroatoms. The average Bonchev–Trinajstić information content (AvgIpc) is 2.42. The third-order valence-corrected chi connectivity index (χ3v) is 3.74. The van der Waals surface area contributed by atoms with E-state index < -0.39 is 42.4 Å². The molecule has 0 aromatic heterocycles. The van der Waals surface area contributed by atoms with Gasteiger partial charge in [0, 0.05) is 26.1 Å². The maximum Gasteiger partial charge on any atom is 0.394 e. The number of halogens is 5. The molecule has 0 amide bonds. The summed E-state index contributed by atoms with van der Waals surface area (Å²) in [7, 11) is 0. The van der Waals surface area contributed by atoms with Gasteiger partial charge in [-0.2, -0.15) is 13.2 Å². The van der Waals surface area contributed by atoms with Gasteiger partial charge in [-0.05, 0) is 27.2 Å². The number of carbonyl (C=O) groups excluding carboxylic acids is 1. The summed E-state index contributed by atoms with van der Waals surface area (Å²) in [6.45, 7) is 7.14. The molecule has 1 atom stereocenters. The summed E-state index contributed by atoms with van der Waals surface area (Å²) < 4.78 is 74.3. The second kappa shape index (κ2) is 8.62. The lowest BCUT2D eigenvalue weighted by Crippen LogP contribution is -2.43. The van der Waals surface area contributed by atoms with Crippen LogP contribution in [-0.4, -0.2) is 61.9 Å². The van der Waals surface area contributed by atoms with E-state index in [0.717, 1.165) is 0 Å². The van der Waals surface area contributed by atoms with Crippen molar-refractivity contribution in [1.29, 1.82) is 0 Å². The van der Waals surface area contributed by atoms with Crippen LogP contribution in [0.2, 0.25) is 0 Å². The van der Waals surface area contributed by atoms with Crippen molar-refractivity contribution in [2.75, 3.05) is 32.8 Å². The number of nitrogens with zero attached hydrogens (tertiary/aromatic N) is 1. The van der Waals surface area contributed by atoms with Gasteiger partial charge in [-0.15, -0.1) is 0 Å². The normalized spacial score (nSPS) is 18.9. The van der Waals surface area contributed by atoms with Gasteiger partial charge >= 0.3 is 12.1 Å². The molecular formula is C16H26F5NO3. The van der Waals surface area contributed by atoms with Gasteiger partial charge < -0.3 is 9.47 Å². The fourth-order valence-corrected chi connectivity index (χ4v) is 2.34. The summed E-state index contributed by atoms with van der Waals surface area (Å²) in [5, 5.41) is 0. The number of hydrogen-bond donors (Lipinski definition) is 0. The molecule has 0 radical (unpaired) electrons. The third-order valence-electron chi connectivity index (χ3n) is 3.74. The molecule has 0 N–H and O–H groups in total. The lowest BCUT2D eigenvalue weighted by Gasteiger charge is -2.32. The van der Waals surface area contributed by atoms with Crippen LogP contribution < -0.4 is 0 Å². The second-order valence-electron chi connectivity index (χ2n) is 7.38. The highest BCUT2D eigenvalue weighted by Crippen LogP contribution is 2.35. The molecular weight excluding hydrogens is 349 g/mol. The van der Waals surface area contributed by atoms with Gasteiger partial charge in [0.05, 0.1) is 18.6 Å². The number of rotatable bonds is 7. The van der Waals surface area contributed by atoms with Crippen molar-refractivity contribution in [3.63, 3.8) is 0 Å². The molecule has 4 nitrogen and oxygen atoms in total. The highest BCUT2D eigenvalue weighted by atomic mass is 19.4. The highest BCUT2D eigenvalue weighted by molar-refractivity contribution is 5.75. The zero-order valence-corrected chi connectivity index (χ0v) is 14.8. The minimum atomic E-state index is -4.94. The molecule has 1 saturated heterocycles. The lowest BCUT2D eigenvalue weighted by molar-refractivity contribution is -0.192. The third kappa shape index (κ3) is 9.34. The Labute approximate surface area is 144 Å². The zero-order chi connectivity index (χ0) is 19.3. The molecule has 25 heavy (non-hydrogen) atoms. The molecule has 0 bridgehead atoms. The van der Waals surface area contributed by atoms with Crippen LogP contribution in [0.3, 0.4) is 0 Å². The van der Waals surface area contributed by atoms with Crippen molar-refractivity contribution >= 4 is 5.97 Å². The number of morpholine rings is 1. The molecule has 0 aromatic carbocycles. The topological polar surface area (TPSA) is 38.8 Å². The van der Waals surface area contributed by atoms with Crippen LogP contribution in [0.15, 0.2) is 0 Å². The van der Waals surface area contributed by atoms with Crippen LogP contribution in [0.5, 0.6) is 0 Å². The predicted octanol–water partition coefficient (Wildman–Crippen LogP) is 3.64. The Bertz CT molecular complexity index is 428. The summed E-state index contributed by atoms with van der Waals surface area (Å²) in [6, 6.07) is 0. The lowest BCUT2D eigenvalue weighted by atomic mass is 9.97. The number of alkyl halides is 5. The van der Waals surface area contributed by atoms with E-state index in [-0.39, 0.29) is 13.0 Å². The molecule has 0 aliphatic carbocycles. The molecule has 1 fully saturated rings. The van der Waals surface area contributed by atoms with E-state index in [4.69, 9.17) is 9.47 Å². The second-order valence-corrected chi connectivity index (χ2v) is 7.38. The van der Waals surface area contributed by atoms with E-state index in [1.165, 1.54) is 0 Å². The van der Waals surface area contributed by atoms with E-state index in [1.54, 1.807) is 20.8 Å². The predicted molar refractivity (Wildman–Crippen MR) is 81.4 cm³/mol. The average molecular weight is 375 g/mol. The first kappa shape index (κ1) is 22.1. The smallest absolute Gasteiger partial charge is 0.394 e. The quantitative estimate of drug-likeness (QED) is 0.503. The standard InChI is InChI=1S/C16H26F5NO3/c1-14(2,3)13(23)25-12(10-22-6-8-24-9-7-22)4-5-15(17,18)11-16(19,20)21/h12H,4-11H2,1-3H3. The van der Waals surface area contributed by atoms with Gasteiger partial charge in [0.1, 0.15) is 12.5 Å². The van der Waals surface area contributed by atoms with Crippen molar-refractivity contribution in [3.8, 4) is 0 Å². The summed E-state index contributed by atoms with van der Waals surface area (Å²) in [4.78, 5) is 13.9. The molecule has 1 heterocycles. The van der Waals surface area contributed by atoms with Gasteiger partial charge in [-0.25, -0.2) is 8.78 Å². The maximum absolute atomic E-state index is 13.5. The number of carbonyl (C=O) groups is 1. The number of hydrogen-bond acceptors (Lipinski definition) is 4. The van der Waals surface area contributed by atoms with Crippen LogP contribution in [0, 0.1) is 5.41 Å². The Morgan fingerprint density at radius 2 is 1.68 bits per heavy atom. The molecule has 1 aliphatic rings. The molecule has 1 unspecified atom stereocenters. The first-order chi connectivity index (χ1) is 11.3. The molecule has 148 valence electrons. The van der Waals surface area contributed by atoms with Crippen LogP contribution >= 0.6 is 0 Å². The van der Waals surface area contributed by atoms with Gasteiger partial charge in [-0.1, -0.05) is 0 Å². The summed E-state index contributed by atoms with van der Waals surface area (Å²) in [6.07, 6.45) is -9.31. The van der Waals surface area contributed by atoms with Gasteiger partial charge in [-0.3, -0.25) is 9.69 Å². The van der Waals surface area contributed by atoms with Gasteiger partial charge in [0.25, 0.3) is 5.92 Å². The fourth-order valence-electron chi connectivity index (χ4n) is 2.34. The van der Waals surface area contributed by atoms with Crippen LogP contribution in [0.25, 0.3) is 0 Å². The van der Waals surface area contributed by atoms with Crippen LogP contribution in [0.1, 0.15) is 40.0 Å². The van der Waals surface area contributed by atoms with Crippen LogP contribution in [0.4, 0.5) is 22.0 Å². The van der Waals surface area contributed by atoms with Gasteiger partial charge in [0.2, 0.25) is 0 Å². The van der Waals surface area contributed by atoms with Crippen molar-refractivity contribution in [2.24, 2.45) is 5.41 Å². The SMILES string of the molecule is CC(C)(C)C(=O)OC(CCC(F)(F)CC(F)(F)F)CN1CCOCC1. The van der Waals surface area contributed by atoms with Crippen molar-refractivity contribution in [2.45, 2.75) is 58.2 Å². The van der Waals surface area contributed by atoms with Crippen molar-refractivity contribution < 1.29 is 36.2 Å². The Balaban J connectivity index is 2.67. The van der Waals surface area contributed by atoms with E-state index in [2.05, 4.69) is 0 Å². The molecule has 0 spiro atoms. The van der Waals surface area contributed by atoms with Crippen molar-refractivity contribution in [1.82, 2.24) is 4.90 Å². The van der Waals surface area contributed by atoms with Crippen molar-refractivity contribution in [3.05, 3.63) is 0 Å². The molecule has 0 aromatic rings. The Morgan fingerprint density at radius 1 is 1.12 bits per heavy atom. The minimum absolute atomic E-state index is 0.202. The van der Waals surface area contributed by atoms with Gasteiger partial charge in [0.15, 0.2) is 0 Å². The highest BCUT2D eigenvalue weighted by Gasteiger charge is 2.43. The maximum atomic E-state index is 13.5. The molecule has 0 saturated carbocycles. The summed E-state index contributed by atoms with van der Waals surface area (Å²) in [5.41, 5.74) is -0.822. The Kier molecular flexibility index (Phi) is 7.61. The van der Waals surface area contributed by atoms with E-state index in [1.807, 2.05) is 4.90 Å². The minimum Gasteiger partial charge on any atom is -0.461 e. The number of ether oxygens (including phenoxy) is 2. The first-order valence-corrected chi connectivity index (χ1v) is 8.24. The first-order valence-electron chi connectivity index (χ1n) is 8.24. The summed E-state index contributed by atoms with van der Waals surface area (Å²) in [5.74, 6) is -4.44. The van der Waals surface area contributed by atoms with E-state index >= 15 is 0 Å². The van der Waals surface area contributed by atoms with E-state index in [9.17, 15) is 26.7 Å². The van der Waals surface area contributed by atoms with Crippen LogP contribution in [-0.2, 0) is 14.3 Å². The fraction of sp³-hybridized carbons (Fsp3) is 0.938. The summed E-state index contributed by atoms with van der Waals surface area (Å²) >= 11 is 0. The zero-order valence-electron chi connectivity index (χ0n) is 14.8. The molecule has 1 aliphatic heterocycles. The monoisotopic (exact) mass is 375 g/mol.